The van der Waals surface area contributed by atoms with Gasteiger partial charge >= 0.3 is 0 Å². The van der Waals surface area contributed by atoms with Gasteiger partial charge in [0.1, 0.15) is 6.23 Å². The average Bonchev–Trinajstić information content (AvgIpc) is 2.76. The highest BCUT2D eigenvalue weighted by Crippen LogP contribution is 2.25. The number of likely N-dealkylation sites (tertiary alicyclic amines) is 1. The van der Waals surface area contributed by atoms with Gasteiger partial charge in [0.15, 0.2) is 0 Å². The number of aliphatic hydroxyl groups excluding tert-OH is 4. The van der Waals surface area contributed by atoms with Crippen LogP contribution in [-0.2, 0) is 0 Å². The maximum Gasteiger partial charge on any atom is 0.107 e. The molecule has 1 aliphatic heterocycles. The van der Waals surface area contributed by atoms with Crippen LogP contribution in [0.25, 0.3) is 0 Å². The summed E-state index contributed by atoms with van der Waals surface area (Å²) in [5.41, 5.74) is 0. The predicted molar refractivity (Wildman–Crippen MR) is 73.6 cm³/mol. The first kappa shape index (κ1) is 16.9. The van der Waals surface area contributed by atoms with Gasteiger partial charge in [-0.2, -0.15) is 0 Å². The van der Waals surface area contributed by atoms with Crippen molar-refractivity contribution in [1.29, 1.82) is 0 Å². The number of aliphatic hydroxyl groups is 4. The van der Waals surface area contributed by atoms with Gasteiger partial charge in [0.05, 0.1) is 18.3 Å². The van der Waals surface area contributed by atoms with Gasteiger partial charge in [-0.1, -0.05) is 13.8 Å². The van der Waals surface area contributed by atoms with Crippen LogP contribution in [0, 0.1) is 0 Å². The molecule has 1 rings (SSSR count). The number of hydrogen-bond acceptors (Lipinski definition) is 5. The summed E-state index contributed by atoms with van der Waals surface area (Å²) in [6, 6.07) is 0.290. The second-order valence-corrected chi connectivity index (χ2v) is 5.59. The Bertz CT molecular complexity index is 252. The maximum absolute atomic E-state index is 10.0. The van der Waals surface area contributed by atoms with Crippen molar-refractivity contribution in [2.24, 2.45) is 0 Å². The number of hydrogen-bond donors (Lipinski definition) is 4. The molecule has 1 fully saturated rings. The van der Waals surface area contributed by atoms with Crippen LogP contribution in [0.5, 0.6) is 0 Å². The van der Waals surface area contributed by atoms with E-state index in [2.05, 4.69) is 6.92 Å². The number of rotatable bonds is 8. The summed E-state index contributed by atoms with van der Waals surface area (Å²) in [4.78, 5) is 1.88. The third kappa shape index (κ3) is 5.00. The molecule has 5 atom stereocenters. The van der Waals surface area contributed by atoms with E-state index in [-0.39, 0.29) is 6.04 Å². The maximum atomic E-state index is 10.0. The molecule has 114 valence electrons. The Morgan fingerprint density at radius 1 is 1.05 bits per heavy atom. The lowest BCUT2D eigenvalue weighted by molar-refractivity contribution is -0.0543. The van der Waals surface area contributed by atoms with Gasteiger partial charge in [-0.25, -0.2) is 0 Å². The third-order valence-corrected chi connectivity index (χ3v) is 4.19. The predicted octanol–water partition coefficient (Wildman–Crippen LogP) is 0.452. The van der Waals surface area contributed by atoms with Crippen LogP contribution in [0.3, 0.4) is 0 Å². The molecule has 0 aliphatic carbocycles. The monoisotopic (exact) mass is 275 g/mol. The Kier molecular flexibility index (Phi) is 7.25. The number of β-amino-alcohol motifs (C(OH)–C–C–N with tert-alkyl or cyclic N) is 1. The summed E-state index contributed by atoms with van der Waals surface area (Å²) >= 11 is 0. The summed E-state index contributed by atoms with van der Waals surface area (Å²) in [6.45, 7) is 4.25. The lowest BCUT2D eigenvalue weighted by Crippen LogP contribution is -2.45. The van der Waals surface area contributed by atoms with Crippen molar-refractivity contribution >= 4 is 0 Å². The fourth-order valence-electron chi connectivity index (χ4n) is 2.72. The highest BCUT2D eigenvalue weighted by atomic mass is 16.3. The molecule has 0 amide bonds. The van der Waals surface area contributed by atoms with Crippen LogP contribution in [0.4, 0.5) is 0 Å². The zero-order valence-electron chi connectivity index (χ0n) is 12.1. The van der Waals surface area contributed by atoms with Crippen molar-refractivity contribution in [2.75, 3.05) is 6.54 Å². The van der Waals surface area contributed by atoms with E-state index in [4.69, 9.17) is 0 Å². The average molecular weight is 275 g/mol. The van der Waals surface area contributed by atoms with Gasteiger partial charge in [-0.15, -0.1) is 0 Å². The molecule has 0 aromatic heterocycles. The summed E-state index contributed by atoms with van der Waals surface area (Å²) < 4.78 is 0. The minimum atomic E-state index is -0.870. The highest BCUT2D eigenvalue weighted by molar-refractivity contribution is 4.84. The number of nitrogens with zero attached hydrogens (tertiary/aromatic N) is 1. The molecule has 5 nitrogen and oxygen atoms in total. The summed E-state index contributed by atoms with van der Waals surface area (Å²) in [5.74, 6) is 0. The molecule has 0 radical (unpaired) electrons. The summed E-state index contributed by atoms with van der Waals surface area (Å²) in [7, 11) is 0. The highest BCUT2D eigenvalue weighted by Gasteiger charge is 2.33. The molecular formula is C14H29NO4. The second kappa shape index (κ2) is 8.17. The normalized spacial score (nSPS) is 29.4. The van der Waals surface area contributed by atoms with Crippen LogP contribution in [0.15, 0.2) is 0 Å². The Hall–Kier alpha value is -0.200. The molecule has 0 aromatic carbocycles. The molecule has 5 heteroatoms. The Morgan fingerprint density at radius 2 is 1.74 bits per heavy atom. The molecule has 19 heavy (non-hydrogen) atoms. The fourth-order valence-corrected chi connectivity index (χ4v) is 2.72. The molecule has 0 bridgehead atoms. The van der Waals surface area contributed by atoms with E-state index in [0.29, 0.717) is 25.8 Å². The van der Waals surface area contributed by atoms with Crippen molar-refractivity contribution in [2.45, 2.75) is 83.0 Å². The first-order valence-corrected chi connectivity index (χ1v) is 7.47. The van der Waals surface area contributed by atoms with Crippen molar-refractivity contribution in [3.8, 4) is 0 Å². The molecule has 4 N–H and O–H groups in total. The minimum Gasteiger partial charge on any atom is -0.393 e. The Balaban J connectivity index is 2.38. The van der Waals surface area contributed by atoms with Crippen LogP contribution < -0.4 is 0 Å². The van der Waals surface area contributed by atoms with Crippen LogP contribution in [-0.4, -0.2) is 62.5 Å². The topological polar surface area (TPSA) is 84.2 Å². The van der Waals surface area contributed by atoms with Crippen molar-refractivity contribution in [3.63, 3.8) is 0 Å². The van der Waals surface area contributed by atoms with Crippen LogP contribution in [0.2, 0.25) is 0 Å². The Morgan fingerprint density at radius 3 is 2.32 bits per heavy atom. The smallest absolute Gasteiger partial charge is 0.107 e. The zero-order chi connectivity index (χ0) is 14.4. The molecule has 1 heterocycles. The Labute approximate surface area is 115 Å². The first-order valence-electron chi connectivity index (χ1n) is 7.47. The summed E-state index contributed by atoms with van der Waals surface area (Å²) in [6.07, 6.45) is 1.52. The van der Waals surface area contributed by atoms with Crippen molar-refractivity contribution in [3.05, 3.63) is 0 Å². The van der Waals surface area contributed by atoms with Gasteiger partial charge < -0.3 is 20.4 Å². The minimum absolute atomic E-state index is 0.290. The van der Waals surface area contributed by atoms with Crippen molar-refractivity contribution < 1.29 is 20.4 Å². The third-order valence-electron chi connectivity index (χ3n) is 4.19. The zero-order valence-corrected chi connectivity index (χ0v) is 12.1. The van der Waals surface area contributed by atoms with Crippen molar-refractivity contribution in [1.82, 2.24) is 4.90 Å². The standard InChI is InChI=1S/C14H29NO4/c1-3-10-5-8-14(19)15(10)9-13(18)12(17)7-6-11(16)4-2/h10-14,16-19H,3-9H2,1-2H3/t10-,11?,12+,13?,14+/m1/s1. The molecule has 1 aliphatic rings. The molecule has 0 saturated carbocycles. The molecule has 0 spiro atoms. The van der Waals surface area contributed by atoms with E-state index in [1.54, 1.807) is 0 Å². The van der Waals surface area contributed by atoms with E-state index < -0.39 is 24.5 Å². The van der Waals surface area contributed by atoms with Gasteiger partial charge in [0.25, 0.3) is 0 Å². The quantitative estimate of drug-likeness (QED) is 0.517. The van der Waals surface area contributed by atoms with Gasteiger partial charge in [-0.3, -0.25) is 4.90 Å². The fraction of sp³-hybridized carbons (Fsp3) is 1.00. The second-order valence-electron chi connectivity index (χ2n) is 5.59. The van der Waals surface area contributed by atoms with E-state index in [0.717, 1.165) is 19.3 Å². The van der Waals surface area contributed by atoms with Gasteiger partial charge in [0, 0.05) is 12.6 Å². The largest absolute Gasteiger partial charge is 0.393 e. The molecule has 2 unspecified atom stereocenters. The molecule has 0 aromatic rings. The SMILES string of the molecule is CCC(O)CC[C@H](O)C(O)CN1[C@H](CC)CC[C@@H]1O. The first-order chi connectivity index (χ1) is 8.99. The van der Waals surface area contributed by atoms with Crippen LogP contribution >= 0.6 is 0 Å². The lowest BCUT2D eigenvalue weighted by atomic mass is 10.0. The van der Waals surface area contributed by atoms with Gasteiger partial charge in [-0.05, 0) is 38.5 Å². The van der Waals surface area contributed by atoms with E-state index >= 15 is 0 Å². The van der Waals surface area contributed by atoms with E-state index in [9.17, 15) is 20.4 Å². The van der Waals surface area contributed by atoms with E-state index in [1.165, 1.54) is 0 Å². The van der Waals surface area contributed by atoms with Crippen LogP contribution in [0.1, 0.15) is 52.4 Å². The molecule has 1 saturated heterocycles. The lowest BCUT2D eigenvalue weighted by Gasteiger charge is -2.30. The van der Waals surface area contributed by atoms with Gasteiger partial charge in [0.2, 0.25) is 0 Å². The molecular weight excluding hydrogens is 246 g/mol. The summed E-state index contributed by atoms with van der Waals surface area (Å²) in [5, 5.41) is 39.2. The van der Waals surface area contributed by atoms with E-state index in [1.807, 2.05) is 11.8 Å².